The minimum Gasteiger partial charge on any atom is -0.463 e. The van der Waals surface area contributed by atoms with Gasteiger partial charge in [-0.2, -0.15) is 0 Å². The molecule has 1 rings (SSSR count). The molecule has 0 spiro atoms. The van der Waals surface area contributed by atoms with E-state index in [1.165, 1.54) is 17.2 Å². The van der Waals surface area contributed by atoms with Crippen molar-refractivity contribution < 1.29 is 9.53 Å². The van der Waals surface area contributed by atoms with Gasteiger partial charge in [-0.25, -0.2) is 4.79 Å². The maximum Gasteiger partial charge on any atom is 0.330 e. The molecule has 0 unspecified atom stereocenters. The standard InChI is InChI=1S/C17H24O2/c1-6-19-16(18)12-13(2)9-10-15-14(3)8-7-11-17(15,4)5/h7-10,12H,6,11H2,1-5H3/b10-9+,13-12-. The van der Waals surface area contributed by atoms with Crippen LogP contribution in [0.5, 0.6) is 0 Å². The molecule has 0 heterocycles. The highest BCUT2D eigenvalue weighted by Crippen LogP contribution is 2.37. The van der Waals surface area contributed by atoms with Crippen LogP contribution < -0.4 is 0 Å². The van der Waals surface area contributed by atoms with Crippen molar-refractivity contribution in [3.8, 4) is 0 Å². The Hall–Kier alpha value is -1.57. The van der Waals surface area contributed by atoms with E-state index in [4.69, 9.17) is 4.74 Å². The van der Waals surface area contributed by atoms with Crippen LogP contribution in [0.4, 0.5) is 0 Å². The van der Waals surface area contributed by atoms with E-state index < -0.39 is 0 Å². The average molecular weight is 260 g/mol. The summed E-state index contributed by atoms with van der Waals surface area (Å²) in [5, 5.41) is 0. The smallest absolute Gasteiger partial charge is 0.330 e. The number of carbonyl (C=O) groups is 1. The minimum absolute atomic E-state index is 0.152. The second kappa shape index (κ2) is 6.55. The molecule has 0 aliphatic heterocycles. The predicted molar refractivity (Wildman–Crippen MR) is 79.8 cm³/mol. The van der Waals surface area contributed by atoms with Gasteiger partial charge in [-0.3, -0.25) is 0 Å². The van der Waals surface area contributed by atoms with Crippen molar-refractivity contribution in [1.82, 2.24) is 0 Å². The van der Waals surface area contributed by atoms with Crippen LogP contribution in [-0.4, -0.2) is 12.6 Å². The van der Waals surface area contributed by atoms with Crippen LogP contribution in [0.25, 0.3) is 0 Å². The van der Waals surface area contributed by atoms with E-state index in [-0.39, 0.29) is 11.4 Å². The van der Waals surface area contributed by atoms with Crippen LogP contribution in [0.15, 0.2) is 47.1 Å². The Kier molecular flexibility index (Phi) is 5.34. The Morgan fingerprint density at radius 3 is 2.74 bits per heavy atom. The molecule has 0 N–H and O–H groups in total. The molecule has 0 fully saturated rings. The molecule has 0 aromatic rings. The third kappa shape index (κ3) is 4.55. The van der Waals surface area contributed by atoms with Gasteiger partial charge < -0.3 is 4.74 Å². The first-order valence-electron chi connectivity index (χ1n) is 6.78. The van der Waals surface area contributed by atoms with E-state index in [1.54, 1.807) is 0 Å². The first-order chi connectivity index (χ1) is 8.86. The van der Waals surface area contributed by atoms with Crippen molar-refractivity contribution in [3.63, 3.8) is 0 Å². The van der Waals surface area contributed by atoms with Crippen LogP contribution in [0.2, 0.25) is 0 Å². The van der Waals surface area contributed by atoms with Gasteiger partial charge in [0.1, 0.15) is 0 Å². The van der Waals surface area contributed by atoms with E-state index in [0.29, 0.717) is 6.61 Å². The maximum atomic E-state index is 11.3. The van der Waals surface area contributed by atoms with Gasteiger partial charge in [-0.1, -0.05) is 38.2 Å². The van der Waals surface area contributed by atoms with Gasteiger partial charge in [0.15, 0.2) is 0 Å². The highest BCUT2D eigenvalue weighted by atomic mass is 16.5. The van der Waals surface area contributed by atoms with E-state index in [1.807, 2.05) is 19.9 Å². The van der Waals surface area contributed by atoms with Gasteiger partial charge in [0, 0.05) is 6.08 Å². The monoisotopic (exact) mass is 260 g/mol. The zero-order valence-corrected chi connectivity index (χ0v) is 12.6. The lowest BCUT2D eigenvalue weighted by Gasteiger charge is -2.29. The molecule has 2 heteroatoms. The Morgan fingerprint density at radius 1 is 1.47 bits per heavy atom. The number of hydrogen-bond donors (Lipinski definition) is 0. The van der Waals surface area contributed by atoms with Gasteiger partial charge in [0.2, 0.25) is 0 Å². The van der Waals surface area contributed by atoms with E-state index in [2.05, 4.69) is 39.0 Å². The number of ether oxygens (including phenoxy) is 1. The third-order valence-electron chi connectivity index (χ3n) is 3.29. The van der Waals surface area contributed by atoms with Crippen LogP contribution >= 0.6 is 0 Å². The number of carbonyl (C=O) groups excluding carboxylic acids is 1. The molecular weight excluding hydrogens is 236 g/mol. The summed E-state index contributed by atoms with van der Waals surface area (Å²) < 4.78 is 4.89. The van der Waals surface area contributed by atoms with Gasteiger partial charge in [0.05, 0.1) is 6.61 Å². The second-order valence-corrected chi connectivity index (χ2v) is 5.56. The summed E-state index contributed by atoms with van der Waals surface area (Å²) in [5.41, 5.74) is 3.67. The molecule has 0 radical (unpaired) electrons. The number of hydrogen-bond acceptors (Lipinski definition) is 2. The number of rotatable bonds is 4. The molecule has 0 aromatic heterocycles. The summed E-state index contributed by atoms with van der Waals surface area (Å²) >= 11 is 0. The van der Waals surface area contributed by atoms with E-state index in [0.717, 1.165) is 12.0 Å². The highest BCUT2D eigenvalue weighted by molar-refractivity contribution is 5.83. The average Bonchev–Trinajstić information content (AvgIpc) is 2.27. The third-order valence-corrected chi connectivity index (χ3v) is 3.29. The van der Waals surface area contributed by atoms with Crippen molar-refractivity contribution in [1.29, 1.82) is 0 Å². The van der Waals surface area contributed by atoms with Gasteiger partial charge in [-0.05, 0) is 49.3 Å². The van der Waals surface area contributed by atoms with Gasteiger partial charge in [-0.15, -0.1) is 0 Å². The normalized spacial score (nSPS) is 19.1. The quantitative estimate of drug-likeness (QED) is 0.426. The second-order valence-electron chi connectivity index (χ2n) is 5.56. The van der Waals surface area contributed by atoms with Crippen molar-refractivity contribution in [2.45, 2.75) is 41.0 Å². The maximum absolute atomic E-state index is 11.3. The fourth-order valence-corrected chi connectivity index (χ4v) is 2.25. The lowest BCUT2D eigenvalue weighted by molar-refractivity contribution is -0.137. The summed E-state index contributed by atoms with van der Waals surface area (Å²) in [6.45, 7) is 10.7. The SMILES string of the molecule is CCOC(=O)/C=C(C)\C=C\C1=C(C)C=CCC1(C)C. The van der Waals surface area contributed by atoms with Gasteiger partial charge in [0.25, 0.3) is 0 Å². The molecule has 0 saturated heterocycles. The predicted octanol–water partition coefficient (Wildman–Crippen LogP) is 4.35. The van der Waals surface area contributed by atoms with Crippen molar-refractivity contribution in [2.75, 3.05) is 6.61 Å². The molecule has 0 atom stereocenters. The zero-order chi connectivity index (χ0) is 14.5. The lowest BCUT2D eigenvalue weighted by Crippen LogP contribution is -2.16. The largest absolute Gasteiger partial charge is 0.463 e. The summed E-state index contributed by atoms with van der Waals surface area (Å²) in [7, 11) is 0. The molecule has 2 nitrogen and oxygen atoms in total. The number of esters is 1. The number of allylic oxidation sites excluding steroid dienone is 7. The molecule has 104 valence electrons. The highest BCUT2D eigenvalue weighted by Gasteiger charge is 2.23. The summed E-state index contributed by atoms with van der Waals surface area (Å²) in [4.78, 5) is 11.3. The molecular formula is C17H24O2. The van der Waals surface area contributed by atoms with Crippen LogP contribution in [-0.2, 0) is 9.53 Å². The fourth-order valence-electron chi connectivity index (χ4n) is 2.25. The van der Waals surface area contributed by atoms with Crippen LogP contribution in [0.3, 0.4) is 0 Å². The minimum atomic E-state index is -0.279. The summed E-state index contributed by atoms with van der Waals surface area (Å²) in [5.74, 6) is -0.279. The molecule has 1 aliphatic rings. The Labute approximate surface area is 116 Å². The molecule has 0 aromatic carbocycles. The Morgan fingerprint density at radius 2 is 2.16 bits per heavy atom. The van der Waals surface area contributed by atoms with Crippen molar-refractivity contribution in [2.24, 2.45) is 5.41 Å². The molecule has 0 amide bonds. The Balaban J connectivity index is 2.86. The lowest BCUT2D eigenvalue weighted by atomic mass is 9.75. The van der Waals surface area contributed by atoms with Crippen LogP contribution in [0, 0.1) is 5.41 Å². The Bertz CT molecular complexity index is 460. The molecule has 1 aliphatic carbocycles. The zero-order valence-electron chi connectivity index (χ0n) is 12.6. The van der Waals surface area contributed by atoms with Crippen molar-refractivity contribution >= 4 is 5.97 Å². The molecule has 0 saturated carbocycles. The first kappa shape index (κ1) is 15.5. The fraction of sp³-hybridized carbons (Fsp3) is 0.471. The van der Waals surface area contributed by atoms with Crippen LogP contribution in [0.1, 0.15) is 41.0 Å². The van der Waals surface area contributed by atoms with E-state index in [9.17, 15) is 4.79 Å². The topological polar surface area (TPSA) is 26.3 Å². The first-order valence-corrected chi connectivity index (χ1v) is 6.78. The molecule has 0 bridgehead atoms. The molecule has 19 heavy (non-hydrogen) atoms. The summed E-state index contributed by atoms with van der Waals surface area (Å²) in [6.07, 6.45) is 11.1. The van der Waals surface area contributed by atoms with Crippen molar-refractivity contribution in [3.05, 3.63) is 47.1 Å². The van der Waals surface area contributed by atoms with Gasteiger partial charge >= 0.3 is 5.97 Å². The summed E-state index contributed by atoms with van der Waals surface area (Å²) in [6, 6.07) is 0. The van der Waals surface area contributed by atoms with E-state index >= 15 is 0 Å².